The zero-order valence-electron chi connectivity index (χ0n) is 13.5. The molecule has 1 aromatic carbocycles. The Labute approximate surface area is 139 Å². The number of amides is 1. The minimum atomic E-state index is -0.347. The van der Waals surface area contributed by atoms with Crippen LogP contribution in [0.25, 0.3) is 0 Å². The average molecular weight is 331 g/mol. The summed E-state index contributed by atoms with van der Waals surface area (Å²) in [5.74, 6) is 0.160. The first kappa shape index (κ1) is 15.8. The number of hydrogen-bond acceptors (Lipinski definition) is 5. The number of hydrogen-bond donors (Lipinski definition) is 3. The quantitative estimate of drug-likeness (QED) is 0.808. The van der Waals surface area contributed by atoms with Crippen molar-refractivity contribution >= 4 is 22.9 Å². The van der Waals surface area contributed by atoms with E-state index in [4.69, 9.17) is 0 Å². The first-order valence-corrected chi connectivity index (χ1v) is 8.52. The number of aromatic hydroxyl groups is 1. The molecule has 0 radical (unpaired) electrons. The molecular formula is C17H21N3O2S. The maximum absolute atomic E-state index is 12.3. The molecule has 1 unspecified atom stereocenters. The lowest BCUT2D eigenvalue weighted by Gasteiger charge is -2.14. The van der Waals surface area contributed by atoms with Crippen LogP contribution in [0, 0.1) is 0 Å². The molecular weight excluding hydrogens is 310 g/mol. The van der Waals surface area contributed by atoms with Crippen LogP contribution in [-0.2, 0) is 23.2 Å². The second-order valence-corrected chi connectivity index (χ2v) is 7.74. The third kappa shape index (κ3) is 3.32. The summed E-state index contributed by atoms with van der Waals surface area (Å²) in [7, 11) is 0. The smallest absolute Gasteiger partial charge is 0.243 e. The van der Waals surface area contributed by atoms with Gasteiger partial charge in [0, 0.05) is 28.5 Å². The van der Waals surface area contributed by atoms with Gasteiger partial charge in [-0.25, -0.2) is 4.98 Å². The van der Waals surface area contributed by atoms with Crippen molar-refractivity contribution < 1.29 is 9.90 Å². The fourth-order valence-electron chi connectivity index (χ4n) is 2.55. The number of carbonyl (C=O) groups is 1. The van der Waals surface area contributed by atoms with E-state index >= 15 is 0 Å². The molecule has 0 saturated carbocycles. The summed E-state index contributed by atoms with van der Waals surface area (Å²) >= 11 is 1.56. The molecule has 1 aromatic heterocycles. The largest absolute Gasteiger partial charge is 0.508 e. The first-order chi connectivity index (χ1) is 10.8. The number of nitrogens with one attached hydrogen (secondary N) is 2. The van der Waals surface area contributed by atoms with E-state index in [0.717, 1.165) is 22.0 Å². The maximum atomic E-state index is 12.3. The summed E-state index contributed by atoms with van der Waals surface area (Å²) in [5.41, 5.74) is 2.69. The monoisotopic (exact) mass is 331 g/mol. The summed E-state index contributed by atoms with van der Waals surface area (Å²) in [6.45, 7) is 6.80. The zero-order valence-corrected chi connectivity index (χ0v) is 14.3. The van der Waals surface area contributed by atoms with Gasteiger partial charge in [-0.1, -0.05) is 26.8 Å². The lowest BCUT2D eigenvalue weighted by atomic mass is 9.93. The molecule has 23 heavy (non-hydrogen) atoms. The van der Waals surface area contributed by atoms with Gasteiger partial charge >= 0.3 is 0 Å². The summed E-state index contributed by atoms with van der Waals surface area (Å²) in [4.78, 5) is 16.9. The van der Waals surface area contributed by atoms with Crippen molar-refractivity contribution in [2.45, 2.75) is 45.2 Å². The normalized spacial score (nSPS) is 16.7. The predicted octanol–water partition coefficient (Wildman–Crippen LogP) is 2.80. The van der Waals surface area contributed by atoms with Crippen LogP contribution in [0.2, 0.25) is 0 Å². The molecule has 5 nitrogen and oxygen atoms in total. The van der Waals surface area contributed by atoms with Gasteiger partial charge in [0.25, 0.3) is 0 Å². The molecule has 1 amide bonds. The standard InChI is InChI=1S/C17H21N3O2S/c1-17(2,3)14-9-23-15(20-14)8-18-16(22)12-7-10-11(19-12)5-4-6-13(10)21/h4-6,9,12,19,21H,7-8H2,1-3H3,(H,18,22). The molecule has 0 aliphatic carbocycles. The van der Waals surface area contributed by atoms with E-state index in [1.807, 2.05) is 11.4 Å². The molecule has 1 atom stereocenters. The number of fused-ring (bicyclic) bond motifs is 1. The summed E-state index contributed by atoms with van der Waals surface area (Å²) < 4.78 is 0. The fourth-order valence-corrected chi connectivity index (χ4v) is 3.51. The number of thiazole rings is 1. The van der Waals surface area contributed by atoms with E-state index in [1.165, 1.54) is 0 Å². The molecule has 6 heteroatoms. The highest BCUT2D eigenvalue weighted by Crippen LogP contribution is 2.32. The average Bonchev–Trinajstić information content (AvgIpc) is 3.11. The van der Waals surface area contributed by atoms with Crippen molar-refractivity contribution in [2.24, 2.45) is 0 Å². The van der Waals surface area contributed by atoms with Gasteiger partial charge in [-0.15, -0.1) is 11.3 Å². The SMILES string of the molecule is CC(C)(C)c1csc(CNC(=O)C2Cc3c(O)cccc3N2)n1. The van der Waals surface area contributed by atoms with Crippen LogP contribution in [0.1, 0.15) is 37.0 Å². The molecule has 2 heterocycles. The van der Waals surface area contributed by atoms with Crippen LogP contribution in [0.3, 0.4) is 0 Å². The number of carbonyl (C=O) groups excluding carboxylic acids is 1. The van der Waals surface area contributed by atoms with E-state index in [2.05, 4.69) is 36.4 Å². The minimum Gasteiger partial charge on any atom is -0.508 e. The topological polar surface area (TPSA) is 74.2 Å². The van der Waals surface area contributed by atoms with Crippen LogP contribution < -0.4 is 10.6 Å². The Morgan fingerprint density at radius 3 is 2.91 bits per heavy atom. The van der Waals surface area contributed by atoms with Crippen molar-refractivity contribution in [2.75, 3.05) is 5.32 Å². The Bertz CT molecular complexity index is 734. The Morgan fingerprint density at radius 2 is 2.26 bits per heavy atom. The van der Waals surface area contributed by atoms with Gasteiger partial charge in [0.15, 0.2) is 0 Å². The van der Waals surface area contributed by atoms with E-state index in [1.54, 1.807) is 23.5 Å². The number of aromatic nitrogens is 1. The molecule has 0 bridgehead atoms. The van der Waals surface area contributed by atoms with E-state index in [9.17, 15) is 9.90 Å². The third-order valence-electron chi connectivity index (χ3n) is 3.94. The molecule has 1 aliphatic rings. The lowest BCUT2D eigenvalue weighted by Crippen LogP contribution is -2.38. The number of rotatable bonds is 3. The van der Waals surface area contributed by atoms with Gasteiger partial charge in [-0.3, -0.25) is 4.79 Å². The van der Waals surface area contributed by atoms with Crippen LogP contribution in [0.15, 0.2) is 23.6 Å². The molecule has 3 rings (SSSR count). The van der Waals surface area contributed by atoms with E-state index in [-0.39, 0.29) is 23.1 Å². The van der Waals surface area contributed by atoms with Crippen LogP contribution in [-0.4, -0.2) is 22.0 Å². The number of nitrogens with zero attached hydrogens (tertiary/aromatic N) is 1. The van der Waals surface area contributed by atoms with E-state index in [0.29, 0.717) is 13.0 Å². The first-order valence-electron chi connectivity index (χ1n) is 7.64. The highest BCUT2D eigenvalue weighted by molar-refractivity contribution is 7.09. The fraction of sp³-hybridized carbons (Fsp3) is 0.412. The van der Waals surface area contributed by atoms with Crippen molar-refractivity contribution in [3.05, 3.63) is 39.8 Å². The summed E-state index contributed by atoms with van der Waals surface area (Å²) in [6.07, 6.45) is 0.499. The molecule has 2 aromatic rings. The van der Waals surface area contributed by atoms with Crippen molar-refractivity contribution in [1.82, 2.24) is 10.3 Å². The summed E-state index contributed by atoms with van der Waals surface area (Å²) in [6, 6.07) is 4.94. The van der Waals surface area contributed by atoms with Crippen LogP contribution >= 0.6 is 11.3 Å². The number of phenols is 1. The molecule has 0 fully saturated rings. The minimum absolute atomic E-state index is 0.0188. The second kappa shape index (κ2) is 5.85. The zero-order chi connectivity index (χ0) is 16.6. The van der Waals surface area contributed by atoms with Gasteiger partial charge in [0.05, 0.1) is 12.2 Å². The number of anilines is 1. The third-order valence-corrected chi connectivity index (χ3v) is 4.79. The van der Waals surface area contributed by atoms with Crippen molar-refractivity contribution in [3.8, 4) is 5.75 Å². The lowest BCUT2D eigenvalue weighted by molar-refractivity contribution is -0.121. The highest BCUT2D eigenvalue weighted by atomic mass is 32.1. The van der Waals surface area contributed by atoms with E-state index < -0.39 is 0 Å². The Hall–Kier alpha value is -2.08. The Balaban J connectivity index is 1.59. The van der Waals surface area contributed by atoms with Crippen LogP contribution in [0.4, 0.5) is 5.69 Å². The predicted molar refractivity (Wildman–Crippen MR) is 91.9 cm³/mol. The Morgan fingerprint density at radius 1 is 1.48 bits per heavy atom. The highest BCUT2D eigenvalue weighted by Gasteiger charge is 2.28. The van der Waals surface area contributed by atoms with Gasteiger partial charge in [-0.2, -0.15) is 0 Å². The van der Waals surface area contributed by atoms with Gasteiger partial charge < -0.3 is 15.7 Å². The number of phenolic OH excluding ortho intramolecular Hbond substituents is 1. The summed E-state index contributed by atoms with van der Waals surface area (Å²) in [5, 5.41) is 18.9. The van der Waals surface area contributed by atoms with Crippen molar-refractivity contribution in [1.29, 1.82) is 0 Å². The Kier molecular flexibility index (Phi) is 4.02. The number of benzene rings is 1. The van der Waals surface area contributed by atoms with Gasteiger partial charge in [0.1, 0.15) is 16.8 Å². The van der Waals surface area contributed by atoms with Gasteiger partial charge in [-0.05, 0) is 12.1 Å². The van der Waals surface area contributed by atoms with Crippen LogP contribution in [0.5, 0.6) is 5.75 Å². The molecule has 0 saturated heterocycles. The molecule has 122 valence electrons. The van der Waals surface area contributed by atoms with Gasteiger partial charge in [0.2, 0.25) is 5.91 Å². The second-order valence-electron chi connectivity index (χ2n) is 6.80. The molecule has 0 spiro atoms. The molecule has 3 N–H and O–H groups in total. The molecule has 1 aliphatic heterocycles. The van der Waals surface area contributed by atoms with Crippen molar-refractivity contribution in [3.63, 3.8) is 0 Å². The maximum Gasteiger partial charge on any atom is 0.243 e.